The average molecular weight is 241 g/mol. The maximum atomic E-state index is 10.8. The Balaban J connectivity index is 1.92. The number of rotatable bonds is 9. The fraction of sp³-hybridized carbons (Fsp3) is 0.929. The van der Waals surface area contributed by atoms with Gasteiger partial charge in [-0.05, 0) is 25.9 Å². The summed E-state index contributed by atoms with van der Waals surface area (Å²) in [5.41, 5.74) is 0. The van der Waals surface area contributed by atoms with Crippen molar-refractivity contribution in [3.63, 3.8) is 0 Å². The summed E-state index contributed by atoms with van der Waals surface area (Å²) in [5.74, 6) is -0.730. The summed E-state index contributed by atoms with van der Waals surface area (Å²) in [6, 6.07) is 0. The average Bonchev–Trinajstić information content (AvgIpc) is 2.77. The van der Waals surface area contributed by atoms with E-state index in [1.165, 1.54) is 44.9 Å². The summed E-state index contributed by atoms with van der Waals surface area (Å²) in [5, 5.41) is 8.90. The molecule has 0 aliphatic carbocycles. The Hall–Kier alpha value is -0.570. The van der Waals surface area contributed by atoms with Crippen LogP contribution in [0.15, 0.2) is 0 Å². The lowest BCUT2D eigenvalue weighted by Crippen LogP contribution is -2.24. The van der Waals surface area contributed by atoms with Crippen molar-refractivity contribution >= 4 is 5.97 Å². The summed E-state index contributed by atoms with van der Waals surface area (Å²) in [6.07, 6.45) is 10.1. The van der Waals surface area contributed by atoms with Crippen molar-refractivity contribution in [2.24, 2.45) is 5.92 Å². The van der Waals surface area contributed by atoms with Crippen molar-refractivity contribution in [1.29, 1.82) is 0 Å². The molecule has 3 heteroatoms. The molecule has 0 aromatic rings. The lowest BCUT2D eigenvalue weighted by molar-refractivity contribution is -0.141. The minimum Gasteiger partial charge on any atom is -0.481 e. The van der Waals surface area contributed by atoms with Gasteiger partial charge in [-0.15, -0.1) is 0 Å². The standard InChI is InChI=1S/C14H27NO2/c1-2-3-4-5-6-7-8-10-15-11-9-13(12-15)14(16)17/h13H,2-12H2,1H3,(H,16,17). The zero-order valence-corrected chi connectivity index (χ0v) is 11.2. The van der Waals surface area contributed by atoms with Crippen LogP contribution in [-0.2, 0) is 4.79 Å². The molecule has 1 atom stereocenters. The van der Waals surface area contributed by atoms with Gasteiger partial charge in [0.2, 0.25) is 0 Å². The Labute approximate surface area is 105 Å². The van der Waals surface area contributed by atoms with E-state index in [1.807, 2.05) is 0 Å². The molecular formula is C14H27NO2. The molecule has 1 heterocycles. The molecule has 0 aromatic heterocycles. The predicted molar refractivity (Wildman–Crippen MR) is 70.2 cm³/mol. The lowest BCUT2D eigenvalue weighted by Gasteiger charge is -2.14. The van der Waals surface area contributed by atoms with Crippen LogP contribution in [0.4, 0.5) is 0 Å². The Kier molecular flexibility index (Phi) is 7.25. The molecule has 0 radical (unpaired) electrons. The van der Waals surface area contributed by atoms with Crippen LogP contribution in [0.1, 0.15) is 58.3 Å². The quantitative estimate of drug-likeness (QED) is 0.630. The molecule has 1 rings (SSSR count). The van der Waals surface area contributed by atoms with E-state index in [-0.39, 0.29) is 5.92 Å². The Morgan fingerprint density at radius 3 is 2.41 bits per heavy atom. The number of hydrogen-bond acceptors (Lipinski definition) is 2. The number of carboxylic acid groups (broad SMARTS) is 1. The van der Waals surface area contributed by atoms with Gasteiger partial charge in [-0.3, -0.25) is 4.79 Å². The molecule has 100 valence electrons. The van der Waals surface area contributed by atoms with Gasteiger partial charge in [0.05, 0.1) is 5.92 Å². The summed E-state index contributed by atoms with van der Waals surface area (Å²) in [7, 11) is 0. The molecule has 1 saturated heterocycles. The predicted octanol–water partition coefficient (Wildman–Crippen LogP) is 3.14. The van der Waals surface area contributed by atoms with Crippen LogP contribution in [0.2, 0.25) is 0 Å². The van der Waals surface area contributed by atoms with Gasteiger partial charge in [0, 0.05) is 6.54 Å². The number of carboxylic acids is 1. The third kappa shape index (κ3) is 6.06. The molecule has 0 amide bonds. The summed E-state index contributed by atoms with van der Waals surface area (Å²) in [4.78, 5) is 13.1. The van der Waals surface area contributed by atoms with Crippen LogP contribution < -0.4 is 0 Å². The van der Waals surface area contributed by atoms with Gasteiger partial charge in [-0.25, -0.2) is 0 Å². The zero-order valence-electron chi connectivity index (χ0n) is 11.2. The number of carbonyl (C=O) groups is 1. The third-order valence-corrected chi connectivity index (χ3v) is 3.70. The van der Waals surface area contributed by atoms with Crippen molar-refractivity contribution in [2.75, 3.05) is 19.6 Å². The van der Waals surface area contributed by atoms with Gasteiger partial charge >= 0.3 is 5.97 Å². The molecule has 1 N–H and O–H groups in total. The molecule has 3 nitrogen and oxygen atoms in total. The lowest BCUT2D eigenvalue weighted by atomic mass is 10.1. The second-order valence-electron chi connectivity index (χ2n) is 5.25. The van der Waals surface area contributed by atoms with Gasteiger partial charge in [0.1, 0.15) is 0 Å². The van der Waals surface area contributed by atoms with E-state index in [9.17, 15) is 4.79 Å². The summed E-state index contributed by atoms with van der Waals surface area (Å²) in [6.45, 7) is 5.09. The maximum absolute atomic E-state index is 10.8. The van der Waals surface area contributed by atoms with Crippen LogP contribution in [0, 0.1) is 5.92 Å². The van der Waals surface area contributed by atoms with E-state index in [0.717, 1.165) is 26.1 Å². The second-order valence-corrected chi connectivity index (χ2v) is 5.25. The first kappa shape index (κ1) is 14.5. The summed E-state index contributed by atoms with van der Waals surface area (Å²) >= 11 is 0. The monoisotopic (exact) mass is 241 g/mol. The first-order valence-corrected chi connectivity index (χ1v) is 7.19. The van der Waals surface area contributed by atoms with Gasteiger partial charge in [0.15, 0.2) is 0 Å². The molecule has 0 saturated carbocycles. The highest BCUT2D eigenvalue weighted by Gasteiger charge is 2.27. The first-order valence-electron chi connectivity index (χ1n) is 7.19. The van der Waals surface area contributed by atoms with E-state index in [0.29, 0.717) is 0 Å². The van der Waals surface area contributed by atoms with E-state index >= 15 is 0 Å². The van der Waals surface area contributed by atoms with Crippen molar-refractivity contribution in [1.82, 2.24) is 4.90 Å². The van der Waals surface area contributed by atoms with Gasteiger partial charge in [-0.2, -0.15) is 0 Å². The van der Waals surface area contributed by atoms with Crippen molar-refractivity contribution in [2.45, 2.75) is 58.3 Å². The van der Waals surface area contributed by atoms with Crippen molar-refractivity contribution in [3.05, 3.63) is 0 Å². The fourth-order valence-corrected chi connectivity index (χ4v) is 2.53. The highest BCUT2D eigenvalue weighted by atomic mass is 16.4. The molecule has 17 heavy (non-hydrogen) atoms. The number of likely N-dealkylation sites (tertiary alicyclic amines) is 1. The smallest absolute Gasteiger partial charge is 0.307 e. The Morgan fingerprint density at radius 2 is 1.82 bits per heavy atom. The molecule has 0 spiro atoms. The number of unbranched alkanes of at least 4 members (excludes halogenated alkanes) is 6. The second kappa shape index (κ2) is 8.51. The number of aliphatic carboxylic acids is 1. The minimum absolute atomic E-state index is 0.112. The van der Waals surface area contributed by atoms with Crippen LogP contribution in [0.3, 0.4) is 0 Å². The number of hydrogen-bond donors (Lipinski definition) is 1. The van der Waals surface area contributed by atoms with Crippen molar-refractivity contribution < 1.29 is 9.90 Å². The van der Waals surface area contributed by atoms with Crippen LogP contribution in [-0.4, -0.2) is 35.6 Å². The van der Waals surface area contributed by atoms with Crippen LogP contribution in [0.5, 0.6) is 0 Å². The highest BCUT2D eigenvalue weighted by Crippen LogP contribution is 2.17. The normalized spacial score (nSPS) is 20.9. The Morgan fingerprint density at radius 1 is 1.18 bits per heavy atom. The van der Waals surface area contributed by atoms with E-state index < -0.39 is 5.97 Å². The molecule has 1 unspecified atom stereocenters. The zero-order chi connectivity index (χ0) is 12.5. The molecular weight excluding hydrogens is 214 g/mol. The molecule has 0 aromatic carbocycles. The first-order chi connectivity index (χ1) is 8.24. The van der Waals surface area contributed by atoms with E-state index in [4.69, 9.17) is 5.11 Å². The fourth-order valence-electron chi connectivity index (χ4n) is 2.53. The minimum atomic E-state index is -0.618. The number of nitrogens with zero attached hydrogens (tertiary/aromatic N) is 1. The van der Waals surface area contributed by atoms with Crippen LogP contribution >= 0.6 is 0 Å². The maximum Gasteiger partial charge on any atom is 0.307 e. The van der Waals surface area contributed by atoms with Gasteiger partial charge in [0.25, 0.3) is 0 Å². The molecule has 1 aliphatic heterocycles. The Bertz CT molecular complexity index is 218. The van der Waals surface area contributed by atoms with Gasteiger partial charge in [-0.1, -0.05) is 45.4 Å². The van der Waals surface area contributed by atoms with Gasteiger partial charge < -0.3 is 10.0 Å². The molecule has 1 fully saturated rings. The van der Waals surface area contributed by atoms with Crippen LogP contribution in [0.25, 0.3) is 0 Å². The van der Waals surface area contributed by atoms with Crippen molar-refractivity contribution in [3.8, 4) is 0 Å². The summed E-state index contributed by atoms with van der Waals surface area (Å²) < 4.78 is 0. The highest BCUT2D eigenvalue weighted by molar-refractivity contribution is 5.70. The SMILES string of the molecule is CCCCCCCCCN1CCC(C(=O)O)C1. The molecule has 0 bridgehead atoms. The van der Waals surface area contributed by atoms with E-state index in [2.05, 4.69) is 11.8 Å². The third-order valence-electron chi connectivity index (χ3n) is 3.70. The molecule has 1 aliphatic rings. The van der Waals surface area contributed by atoms with E-state index in [1.54, 1.807) is 0 Å². The topological polar surface area (TPSA) is 40.5 Å². The largest absolute Gasteiger partial charge is 0.481 e.